The summed E-state index contributed by atoms with van der Waals surface area (Å²) in [6.45, 7) is 8.77. The Morgan fingerprint density at radius 2 is 2.09 bits per heavy atom. The summed E-state index contributed by atoms with van der Waals surface area (Å²) in [7, 11) is 0. The number of nitrogens with one attached hydrogen (secondary N) is 1. The molecule has 2 rings (SSSR count). The monoisotopic (exact) mass is 318 g/mol. The van der Waals surface area contributed by atoms with E-state index in [0.717, 1.165) is 16.3 Å². The molecule has 1 N–H and O–H groups in total. The Bertz CT molecular complexity index is 635. The van der Waals surface area contributed by atoms with E-state index in [9.17, 15) is 4.79 Å². The number of thiazole rings is 1. The minimum absolute atomic E-state index is 0.120. The lowest BCUT2D eigenvalue weighted by atomic mass is 10.2. The van der Waals surface area contributed by atoms with Gasteiger partial charge in [0.25, 0.3) is 5.91 Å². The number of aromatic nitrogens is 1. The van der Waals surface area contributed by atoms with E-state index in [1.165, 1.54) is 11.3 Å². The zero-order valence-corrected chi connectivity index (χ0v) is 14.2. The lowest BCUT2D eigenvalue weighted by Gasteiger charge is -2.10. The summed E-state index contributed by atoms with van der Waals surface area (Å²) < 4.78 is 5.69. The fraction of sp³-hybridized carbons (Fsp3) is 0.412. The number of benzene rings is 1. The van der Waals surface area contributed by atoms with Crippen LogP contribution >= 0.6 is 11.3 Å². The van der Waals surface area contributed by atoms with Crippen LogP contribution in [-0.4, -0.2) is 23.5 Å². The van der Waals surface area contributed by atoms with Gasteiger partial charge in [0.2, 0.25) is 0 Å². The third kappa shape index (κ3) is 4.56. The fourth-order valence-electron chi connectivity index (χ4n) is 1.87. The Morgan fingerprint density at radius 1 is 1.32 bits per heavy atom. The van der Waals surface area contributed by atoms with E-state index >= 15 is 0 Å². The molecule has 0 spiro atoms. The lowest BCUT2D eigenvalue weighted by Crippen LogP contribution is -2.27. The minimum Gasteiger partial charge on any atom is -0.491 e. The molecule has 0 saturated heterocycles. The molecule has 1 heterocycles. The smallest absolute Gasteiger partial charge is 0.270 e. The van der Waals surface area contributed by atoms with Gasteiger partial charge >= 0.3 is 0 Å². The first kappa shape index (κ1) is 16.5. The number of rotatable bonds is 6. The number of carbonyl (C=O) groups is 1. The summed E-state index contributed by atoms with van der Waals surface area (Å²) in [5.41, 5.74) is 1.43. The first-order valence-corrected chi connectivity index (χ1v) is 8.34. The van der Waals surface area contributed by atoms with Gasteiger partial charge in [0.05, 0.1) is 6.10 Å². The van der Waals surface area contributed by atoms with Gasteiger partial charge in [0.15, 0.2) is 0 Å². The molecule has 2 aromatic rings. The van der Waals surface area contributed by atoms with Crippen molar-refractivity contribution >= 4 is 17.2 Å². The Hall–Kier alpha value is -1.88. The minimum atomic E-state index is -0.120. The second kappa shape index (κ2) is 7.40. The second-order valence-electron chi connectivity index (χ2n) is 5.84. The summed E-state index contributed by atoms with van der Waals surface area (Å²) in [4.78, 5) is 16.4. The van der Waals surface area contributed by atoms with Crippen LogP contribution in [0.3, 0.4) is 0 Å². The van der Waals surface area contributed by atoms with E-state index in [1.54, 1.807) is 5.38 Å². The van der Waals surface area contributed by atoms with Crippen LogP contribution in [0.15, 0.2) is 29.6 Å². The fourth-order valence-corrected chi connectivity index (χ4v) is 2.67. The van der Waals surface area contributed by atoms with Crippen molar-refractivity contribution in [3.8, 4) is 16.3 Å². The quantitative estimate of drug-likeness (QED) is 0.876. The van der Waals surface area contributed by atoms with Crippen molar-refractivity contribution in [2.75, 3.05) is 6.54 Å². The number of amides is 1. The van der Waals surface area contributed by atoms with Gasteiger partial charge in [-0.05, 0) is 31.9 Å². The average Bonchev–Trinajstić information content (AvgIpc) is 2.94. The third-order valence-electron chi connectivity index (χ3n) is 2.86. The molecule has 0 aliphatic heterocycles. The van der Waals surface area contributed by atoms with Crippen LogP contribution in [0, 0.1) is 5.92 Å². The largest absolute Gasteiger partial charge is 0.491 e. The molecule has 118 valence electrons. The van der Waals surface area contributed by atoms with Crippen LogP contribution < -0.4 is 10.1 Å². The molecule has 0 fully saturated rings. The molecule has 5 heteroatoms. The number of hydrogen-bond donors (Lipinski definition) is 1. The number of carbonyl (C=O) groups excluding carboxylic acids is 1. The molecular weight excluding hydrogens is 296 g/mol. The molecule has 0 aliphatic carbocycles. The number of hydrogen-bond acceptors (Lipinski definition) is 4. The molecule has 4 nitrogen and oxygen atoms in total. The maximum atomic E-state index is 12.0. The molecule has 0 saturated carbocycles. The van der Waals surface area contributed by atoms with Crippen molar-refractivity contribution in [3.63, 3.8) is 0 Å². The average molecular weight is 318 g/mol. The van der Waals surface area contributed by atoms with Gasteiger partial charge in [-0.1, -0.05) is 26.0 Å². The van der Waals surface area contributed by atoms with Crippen molar-refractivity contribution in [1.29, 1.82) is 0 Å². The van der Waals surface area contributed by atoms with Crippen LogP contribution in [0.5, 0.6) is 5.75 Å². The standard InChI is InChI=1S/C17H22N2O2S/c1-11(2)9-18-16(20)15-10-22-17(19-15)13-6-5-7-14(8-13)21-12(3)4/h5-8,10-12H,9H2,1-4H3,(H,18,20). The molecular formula is C17H22N2O2S. The van der Waals surface area contributed by atoms with Crippen molar-refractivity contribution in [2.45, 2.75) is 33.8 Å². The normalized spacial score (nSPS) is 11.0. The van der Waals surface area contributed by atoms with E-state index in [4.69, 9.17) is 4.74 Å². The summed E-state index contributed by atoms with van der Waals surface area (Å²) >= 11 is 1.47. The highest BCUT2D eigenvalue weighted by Crippen LogP contribution is 2.27. The van der Waals surface area contributed by atoms with Crippen LogP contribution in [0.4, 0.5) is 0 Å². The van der Waals surface area contributed by atoms with E-state index < -0.39 is 0 Å². The summed E-state index contributed by atoms with van der Waals surface area (Å²) in [5.74, 6) is 1.12. The Balaban J connectivity index is 2.12. The maximum absolute atomic E-state index is 12.0. The van der Waals surface area contributed by atoms with Crippen LogP contribution in [0.1, 0.15) is 38.2 Å². The predicted molar refractivity (Wildman–Crippen MR) is 90.5 cm³/mol. The van der Waals surface area contributed by atoms with Gasteiger partial charge < -0.3 is 10.1 Å². The summed E-state index contributed by atoms with van der Waals surface area (Å²) in [6, 6.07) is 7.79. The summed E-state index contributed by atoms with van der Waals surface area (Å²) in [5, 5.41) is 5.50. The van der Waals surface area contributed by atoms with Crippen molar-refractivity contribution in [3.05, 3.63) is 35.3 Å². The van der Waals surface area contributed by atoms with Gasteiger partial charge in [-0.15, -0.1) is 11.3 Å². The topological polar surface area (TPSA) is 51.2 Å². The molecule has 0 bridgehead atoms. The van der Waals surface area contributed by atoms with Gasteiger partial charge in [-0.25, -0.2) is 4.98 Å². The highest BCUT2D eigenvalue weighted by Gasteiger charge is 2.12. The van der Waals surface area contributed by atoms with E-state index in [1.807, 2.05) is 38.1 Å². The zero-order valence-electron chi connectivity index (χ0n) is 13.4. The predicted octanol–water partition coefficient (Wildman–Crippen LogP) is 3.98. The first-order chi connectivity index (χ1) is 10.5. The van der Waals surface area contributed by atoms with Crippen LogP contribution in [-0.2, 0) is 0 Å². The SMILES string of the molecule is CC(C)CNC(=O)c1csc(-c2cccc(OC(C)C)c2)n1. The molecule has 0 unspecified atom stereocenters. The van der Waals surface area contributed by atoms with Gasteiger partial charge in [0.1, 0.15) is 16.5 Å². The first-order valence-electron chi connectivity index (χ1n) is 7.46. The van der Waals surface area contributed by atoms with Crippen molar-refractivity contribution in [1.82, 2.24) is 10.3 Å². The zero-order chi connectivity index (χ0) is 16.1. The molecule has 0 aliphatic rings. The molecule has 1 aromatic heterocycles. The molecule has 0 radical (unpaired) electrons. The third-order valence-corrected chi connectivity index (χ3v) is 3.75. The van der Waals surface area contributed by atoms with Crippen LogP contribution in [0.25, 0.3) is 10.6 Å². The maximum Gasteiger partial charge on any atom is 0.270 e. The highest BCUT2D eigenvalue weighted by molar-refractivity contribution is 7.13. The van der Waals surface area contributed by atoms with Gasteiger partial charge in [0, 0.05) is 17.5 Å². The Labute approximate surface area is 135 Å². The number of nitrogens with zero attached hydrogens (tertiary/aromatic N) is 1. The number of ether oxygens (including phenoxy) is 1. The molecule has 1 amide bonds. The highest BCUT2D eigenvalue weighted by atomic mass is 32.1. The van der Waals surface area contributed by atoms with Crippen molar-refractivity contribution in [2.24, 2.45) is 5.92 Å². The van der Waals surface area contributed by atoms with Gasteiger partial charge in [-0.2, -0.15) is 0 Å². The Morgan fingerprint density at radius 3 is 2.77 bits per heavy atom. The lowest BCUT2D eigenvalue weighted by molar-refractivity contribution is 0.0945. The second-order valence-corrected chi connectivity index (χ2v) is 6.69. The van der Waals surface area contributed by atoms with E-state index in [2.05, 4.69) is 24.1 Å². The molecule has 0 atom stereocenters. The van der Waals surface area contributed by atoms with E-state index in [-0.39, 0.29) is 12.0 Å². The van der Waals surface area contributed by atoms with Crippen molar-refractivity contribution < 1.29 is 9.53 Å². The summed E-state index contributed by atoms with van der Waals surface area (Å²) in [6.07, 6.45) is 0.129. The molecule has 1 aromatic carbocycles. The van der Waals surface area contributed by atoms with E-state index in [0.29, 0.717) is 18.2 Å². The van der Waals surface area contributed by atoms with Crippen LogP contribution in [0.2, 0.25) is 0 Å². The Kier molecular flexibility index (Phi) is 5.55. The van der Waals surface area contributed by atoms with Gasteiger partial charge in [-0.3, -0.25) is 4.79 Å². The molecule has 22 heavy (non-hydrogen) atoms.